The maximum Gasteiger partial charge on any atom is 0.311 e. The summed E-state index contributed by atoms with van der Waals surface area (Å²) in [4.78, 5) is 24.7. The van der Waals surface area contributed by atoms with Gasteiger partial charge in [0.25, 0.3) is 5.91 Å². The molecule has 0 radical (unpaired) electrons. The molecule has 1 aliphatic heterocycles. The number of carbonyl (C=O) groups is 2. The predicted molar refractivity (Wildman–Crippen MR) is 60.8 cm³/mol. The maximum atomic E-state index is 12.0. The number of carbonyl (C=O) groups excluding carboxylic acids is 1. The standard InChI is InChI=1S/C10H13N3O3S/c1-10(9(15)16)3-2-4-13(6-10)8(14)7-5-17-12-11-7/h5H,2-4,6H2,1H3,(H,15,16). The Balaban J connectivity index is 2.13. The molecule has 2 heterocycles. The van der Waals surface area contributed by atoms with Crippen LogP contribution in [0.15, 0.2) is 5.38 Å². The van der Waals surface area contributed by atoms with Crippen LogP contribution in [0.4, 0.5) is 0 Å². The van der Waals surface area contributed by atoms with Crippen LogP contribution in [-0.4, -0.2) is 44.6 Å². The third kappa shape index (κ3) is 2.28. The summed E-state index contributed by atoms with van der Waals surface area (Å²) >= 11 is 1.11. The first-order valence-electron chi connectivity index (χ1n) is 5.33. The van der Waals surface area contributed by atoms with E-state index < -0.39 is 11.4 Å². The molecule has 6 nitrogen and oxygen atoms in total. The fraction of sp³-hybridized carbons (Fsp3) is 0.600. The third-order valence-electron chi connectivity index (χ3n) is 3.08. The van der Waals surface area contributed by atoms with Crippen molar-refractivity contribution in [3.8, 4) is 0 Å². The van der Waals surface area contributed by atoms with E-state index in [0.717, 1.165) is 11.5 Å². The lowest BCUT2D eigenvalue weighted by Crippen LogP contribution is -2.48. The van der Waals surface area contributed by atoms with E-state index >= 15 is 0 Å². The van der Waals surface area contributed by atoms with Gasteiger partial charge in [0.1, 0.15) is 0 Å². The summed E-state index contributed by atoms with van der Waals surface area (Å²) in [6, 6.07) is 0. The van der Waals surface area contributed by atoms with Gasteiger partial charge < -0.3 is 10.0 Å². The Labute approximate surface area is 102 Å². The van der Waals surface area contributed by atoms with Crippen LogP contribution >= 0.6 is 11.5 Å². The zero-order valence-corrected chi connectivity index (χ0v) is 10.2. The number of rotatable bonds is 2. The Kier molecular flexibility index (Phi) is 3.10. The summed E-state index contributed by atoms with van der Waals surface area (Å²) in [6.07, 6.45) is 1.30. The topological polar surface area (TPSA) is 83.4 Å². The molecular weight excluding hydrogens is 242 g/mol. The molecule has 0 spiro atoms. The highest BCUT2D eigenvalue weighted by Gasteiger charge is 2.39. The minimum absolute atomic E-state index is 0.231. The lowest BCUT2D eigenvalue weighted by atomic mass is 9.82. The van der Waals surface area contributed by atoms with Gasteiger partial charge in [0, 0.05) is 18.5 Å². The van der Waals surface area contributed by atoms with Crippen LogP contribution in [0.5, 0.6) is 0 Å². The summed E-state index contributed by atoms with van der Waals surface area (Å²) < 4.78 is 3.64. The molecule has 1 N–H and O–H groups in total. The van der Waals surface area contributed by atoms with Gasteiger partial charge in [-0.15, -0.1) is 5.10 Å². The monoisotopic (exact) mass is 255 g/mol. The lowest BCUT2D eigenvalue weighted by Gasteiger charge is -2.37. The number of aromatic nitrogens is 2. The summed E-state index contributed by atoms with van der Waals surface area (Å²) in [5, 5.41) is 14.5. The molecule has 2 rings (SSSR count). The van der Waals surface area contributed by atoms with E-state index in [4.69, 9.17) is 5.11 Å². The molecule has 1 saturated heterocycles. The van der Waals surface area contributed by atoms with E-state index in [0.29, 0.717) is 25.1 Å². The summed E-state index contributed by atoms with van der Waals surface area (Å²) in [6.45, 7) is 2.49. The van der Waals surface area contributed by atoms with Gasteiger partial charge in [-0.2, -0.15) is 0 Å². The van der Waals surface area contributed by atoms with Gasteiger partial charge >= 0.3 is 5.97 Å². The SMILES string of the molecule is CC1(C(=O)O)CCCN(C(=O)c2csnn2)C1. The highest BCUT2D eigenvalue weighted by molar-refractivity contribution is 7.03. The van der Waals surface area contributed by atoms with Gasteiger partial charge in [0.2, 0.25) is 0 Å². The molecule has 1 atom stereocenters. The minimum atomic E-state index is -0.855. The zero-order valence-electron chi connectivity index (χ0n) is 9.42. The summed E-state index contributed by atoms with van der Waals surface area (Å²) in [7, 11) is 0. The number of hydrogen-bond donors (Lipinski definition) is 1. The van der Waals surface area contributed by atoms with Crippen LogP contribution in [0.1, 0.15) is 30.3 Å². The second-order valence-electron chi connectivity index (χ2n) is 4.49. The molecule has 0 bridgehead atoms. The molecule has 1 fully saturated rings. The van der Waals surface area contributed by atoms with E-state index in [2.05, 4.69) is 9.59 Å². The number of likely N-dealkylation sites (tertiary alicyclic amines) is 1. The minimum Gasteiger partial charge on any atom is -0.481 e. The van der Waals surface area contributed by atoms with Gasteiger partial charge in [-0.3, -0.25) is 9.59 Å². The van der Waals surface area contributed by atoms with Crippen molar-refractivity contribution in [2.75, 3.05) is 13.1 Å². The molecule has 17 heavy (non-hydrogen) atoms. The van der Waals surface area contributed by atoms with Crippen LogP contribution in [0.2, 0.25) is 0 Å². The molecule has 0 aliphatic carbocycles. The first-order valence-corrected chi connectivity index (χ1v) is 6.16. The van der Waals surface area contributed by atoms with Crippen LogP contribution in [0.25, 0.3) is 0 Å². The van der Waals surface area contributed by atoms with Crippen molar-refractivity contribution in [2.24, 2.45) is 5.41 Å². The Hall–Kier alpha value is -1.50. The Morgan fingerprint density at radius 3 is 2.94 bits per heavy atom. The molecule has 0 aromatic carbocycles. The molecule has 1 aliphatic rings. The second-order valence-corrected chi connectivity index (χ2v) is 5.10. The number of carboxylic acids is 1. The first-order chi connectivity index (χ1) is 8.03. The predicted octanol–water partition coefficient (Wildman–Crippen LogP) is 0.865. The van der Waals surface area contributed by atoms with E-state index in [1.807, 2.05) is 0 Å². The van der Waals surface area contributed by atoms with Crippen molar-refractivity contribution in [1.82, 2.24) is 14.5 Å². The first kappa shape index (κ1) is 12.0. The van der Waals surface area contributed by atoms with Gasteiger partial charge in [-0.1, -0.05) is 4.49 Å². The van der Waals surface area contributed by atoms with Crippen LogP contribution in [0, 0.1) is 5.41 Å². The highest BCUT2D eigenvalue weighted by Crippen LogP contribution is 2.30. The smallest absolute Gasteiger partial charge is 0.311 e. The normalized spacial score (nSPS) is 24.6. The molecular formula is C10H13N3O3S. The van der Waals surface area contributed by atoms with Gasteiger partial charge in [-0.05, 0) is 31.3 Å². The van der Waals surface area contributed by atoms with Gasteiger partial charge in [0.15, 0.2) is 5.69 Å². The number of hydrogen-bond acceptors (Lipinski definition) is 5. The van der Waals surface area contributed by atoms with E-state index in [1.165, 1.54) is 0 Å². The Morgan fingerprint density at radius 1 is 1.59 bits per heavy atom. The third-order valence-corrected chi connectivity index (χ3v) is 3.58. The van der Waals surface area contributed by atoms with Gasteiger partial charge in [-0.25, -0.2) is 0 Å². The molecule has 0 saturated carbocycles. The highest BCUT2D eigenvalue weighted by atomic mass is 32.1. The van der Waals surface area contributed by atoms with Crippen molar-refractivity contribution < 1.29 is 14.7 Å². The largest absolute Gasteiger partial charge is 0.481 e. The van der Waals surface area contributed by atoms with Crippen molar-refractivity contribution in [3.05, 3.63) is 11.1 Å². The fourth-order valence-electron chi connectivity index (χ4n) is 2.01. The summed E-state index contributed by atoms with van der Waals surface area (Å²) in [5.41, 5.74) is -0.554. The quantitative estimate of drug-likeness (QED) is 0.847. The molecule has 1 amide bonds. The lowest BCUT2D eigenvalue weighted by molar-refractivity contribution is -0.150. The molecule has 1 aromatic rings. The van der Waals surface area contributed by atoms with Crippen LogP contribution < -0.4 is 0 Å². The number of aliphatic carboxylic acids is 1. The average Bonchev–Trinajstić information content (AvgIpc) is 2.81. The number of piperidine rings is 1. The number of amides is 1. The van der Waals surface area contributed by atoms with Crippen LogP contribution in [-0.2, 0) is 4.79 Å². The number of nitrogens with zero attached hydrogens (tertiary/aromatic N) is 3. The van der Waals surface area contributed by atoms with Crippen molar-refractivity contribution in [2.45, 2.75) is 19.8 Å². The maximum absolute atomic E-state index is 12.0. The number of carboxylic acid groups (broad SMARTS) is 1. The van der Waals surface area contributed by atoms with Crippen molar-refractivity contribution >= 4 is 23.4 Å². The molecule has 92 valence electrons. The van der Waals surface area contributed by atoms with E-state index in [-0.39, 0.29) is 12.5 Å². The molecule has 1 unspecified atom stereocenters. The zero-order chi connectivity index (χ0) is 12.5. The van der Waals surface area contributed by atoms with Gasteiger partial charge in [0.05, 0.1) is 5.41 Å². The fourth-order valence-corrected chi connectivity index (χ4v) is 2.44. The van der Waals surface area contributed by atoms with Crippen LogP contribution in [0.3, 0.4) is 0 Å². The molecule has 1 aromatic heterocycles. The second kappa shape index (κ2) is 4.40. The van der Waals surface area contributed by atoms with E-state index in [9.17, 15) is 9.59 Å². The Bertz CT molecular complexity index is 434. The molecule has 7 heteroatoms. The van der Waals surface area contributed by atoms with E-state index in [1.54, 1.807) is 17.2 Å². The summed E-state index contributed by atoms with van der Waals surface area (Å²) in [5.74, 6) is -1.09. The van der Waals surface area contributed by atoms with Crippen molar-refractivity contribution in [1.29, 1.82) is 0 Å². The van der Waals surface area contributed by atoms with Crippen molar-refractivity contribution in [3.63, 3.8) is 0 Å². The average molecular weight is 255 g/mol. The Morgan fingerprint density at radius 2 is 2.35 bits per heavy atom.